The van der Waals surface area contributed by atoms with Crippen LogP contribution in [0.4, 0.5) is 4.39 Å². The van der Waals surface area contributed by atoms with Gasteiger partial charge in [0.05, 0.1) is 12.8 Å². The van der Waals surface area contributed by atoms with Crippen molar-refractivity contribution in [2.45, 2.75) is 71.4 Å². The van der Waals surface area contributed by atoms with Gasteiger partial charge in [-0.25, -0.2) is 5.48 Å². The standard InChI is InChI=1S/C17H32FNO2/c1-4-14-11-13(6-7-17(14)20)10-12(3)15(8-9-18)16(5-2)19-21/h10,13-17,19-21H,4-9,11H2,1-3H3/b12-10-. The van der Waals surface area contributed by atoms with Gasteiger partial charge < -0.3 is 10.3 Å². The Balaban J connectivity index is 2.75. The van der Waals surface area contributed by atoms with Crippen molar-refractivity contribution >= 4 is 0 Å². The minimum Gasteiger partial charge on any atom is -0.393 e. The van der Waals surface area contributed by atoms with Crippen molar-refractivity contribution in [1.29, 1.82) is 0 Å². The van der Waals surface area contributed by atoms with Crippen LogP contribution in [0, 0.1) is 17.8 Å². The molecule has 1 saturated carbocycles. The van der Waals surface area contributed by atoms with Crippen molar-refractivity contribution in [2.24, 2.45) is 17.8 Å². The molecule has 0 saturated heterocycles. The second-order valence-corrected chi connectivity index (χ2v) is 6.45. The van der Waals surface area contributed by atoms with E-state index in [2.05, 4.69) is 18.5 Å². The summed E-state index contributed by atoms with van der Waals surface area (Å²) in [5.41, 5.74) is 3.50. The molecule has 1 rings (SSSR count). The third-order valence-corrected chi connectivity index (χ3v) is 5.10. The lowest BCUT2D eigenvalue weighted by atomic mass is 9.76. The largest absolute Gasteiger partial charge is 0.393 e. The van der Waals surface area contributed by atoms with E-state index in [0.717, 1.165) is 37.7 Å². The number of hydrogen-bond acceptors (Lipinski definition) is 3. The summed E-state index contributed by atoms with van der Waals surface area (Å²) < 4.78 is 12.8. The molecule has 0 amide bonds. The number of rotatable bonds is 8. The fourth-order valence-corrected chi connectivity index (χ4v) is 3.70. The highest BCUT2D eigenvalue weighted by Crippen LogP contribution is 2.34. The van der Waals surface area contributed by atoms with Crippen LogP contribution < -0.4 is 5.48 Å². The van der Waals surface area contributed by atoms with Gasteiger partial charge in [0.2, 0.25) is 0 Å². The minimum absolute atomic E-state index is 0.0388. The number of halogens is 1. The minimum atomic E-state index is -0.366. The maximum Gasteiger partial charge on any atom is 0.0900 e. The van der Waals surface area contributed by atoms with E-state index in [1.165, 1.54) is 0 Å². The van der Waals surface area contributed by atoms with Gasteiger partial charge >= 0.3 is 0 Å². The number of nitrogens with one attached hydrogen (secondary N) is 1. The topological polar surface area (TPSA) is 52.5 Å². The number of aliphatic hydroxyl groups is 1. The summed E-state index contributed by atoms with van der Waals surface area (Å²) in [5.74, 6) is 0.888. The summed E-state index contributed by atoms with van der Waals surface area (Å²) in [6, 6.07) is -0.0897. The van der Waals surface area contributed by atoms with Crippen molar-refractivity contribution in [1.82, 2.24) is 5.48 Å². The fraction of sp³-hybridized carbons (Fsp3) is 0.882. The van der Waals surface area contributed by atoms with Gasteiger partial charge in [0.1, 0.15) is 0 Å². The van der Waals surface area contributed by atoms with Crippen molar-refractivity contribution in [3.63, 3.8) is 0 Å². The van der Waals surface area contributed by atoms with Crippen LogP contribution in [0.5, 0.6) is 0 Å². The van der Waals surface area contributed by atoms with E-state index in [1.807, 2.05) is 13.8 Å². The first kappa shape index (κ1) is 18.6. The van der Waals surface area contributed by atoms with Crippen LogP contribution in [-0.2, 0) is 0 Å². The van der Waals surface area contributed by atoms with Crippen LogP contribution in [0.1, 0.15) is 59.3 Å². The summed E-state index contributed by atoms with van der Waals surface area (Å²) >= 11 is 0. The Morgan fingerprint density at radius 3 is 2.62 bits per heavy atom. The van der Waals surface area contributed by atoms with Crippen LogP contribution in [0.2, 0.25) is 0 Å². The zero-order valence-electron chi connectivity index (χ0n) is 13.7. The van der Waals surface area contributed by atoms with E-state index in [0.29, 0.717) is 18.3 Å². The molecule has 0 aromatic rings. The van der Waals surface area contributed by atoms with Crippen molar-refractivity contribution in [2.75, 3.05) is 6.67 Å². The summed E-state index contributed by atoms with van der Waals surface area (Å²) in [5, 5.41) is 19.2. The molecule has 5 unspecified atom stereocenters. The van der Waals surface area contributed by atoms with E-state index >= 15 is 0 Å². The highest BCUT2D eigenvalue weighted by atomic mass is 19.1. The van der Waals surface area contributed by atoms with Gasteiger partial charge in [-0.3, -0.25) is 4.39 Å². The molecule has 0 aromatic carbocycles. The second kappa shape index (κ2) is 9.54. The highest BCUT2D eigenvalue weighted by Gasteiger charge is 2.28. The smallest absolute Gasteiger partial charge is 0.0900 e. The molecule has 5 atom stereocenters. The Bertz CT molecular complexity index is 318. The Labute approximate surface area is 128 Å². The highest BCUT2D eigenvalue weighted by molar-refractivity contribution is 5.09. The molecule has 21 heavy (non-hydrogen) atoms. The normalized spacial score (nSPS) is 30.2. The second-order valence-electron chi connectivity index (χ2n) is 6.45. The van der Waals surface area contributed by atoms with Crippen molar-refractivity contribution in [3.8, 4) is 0 Å². The van der Waals surface area contributed by atoms with E-state index in [9.17, 15) is 14.7 Å². The molecule has 0 aromatic heterocycles. The molecule has 0 bridgehead atoms. The van der Waals surface area contributed by atoms with Gasteiger partial charge in [0.15, 0.2) is 0 Å². The lowest BCUT2D eigenvalue weighted by Gasteiger charge is -2.33. The first-order valence-corrected chi connectivity index (χ1v) is 8.39. The maximum atomic E-state index is 12.8. The molecule has 1 aliphatic rings. The van der Waals surface area contributed by atoms with Gasteiger partial charge in [-0.05, 0) is 56.8 Å². The van der Waals surface area contributed by atoms with Gasteiger partial charge in [-0.1, -0.05) is 31.9 Å². The molecular formula is C17H32FNO2. The average Bonchev–Trinajstić information content (AvgIpc) is 2.49. The molecule has 0 radical (unpaired) electrons. The lowest BCUT2D eigenvalue weighted by Crippen LogP contribution is -2.35. The summed E-state index contributed by atoms with van der Waals surface area (Å²) in [6.07, 6.45) is 7.19. The SMILES string of the molecule is CCC1CC(/C=C(/C)C(CCF)C(CC)NO)CCC1O. The quantitative estimate of drug-likeness (QED) is 0.471. The first-order valence-electron chi connectivity index (χ1n) is 8.39. The Morgan fingerprint density at radius 1 is 1.38 bits per heavy atom. The van der Waals surface area contributed by atoms with Crippen LogP contribution in [0.25, 0.3) is 0 Å². The molecule has 124 valence electrons. The lowest BCUT2D eigenvalue weighted by molar-refractivity contribution is 0.0545. The zero-order chi connectivity index (χ0) is 15.8. The van der Waals surface area contributed by atoms with Crippen LogP contribution in [0.3, 0.4) is 0 Å². The predicted octanol–water partition coefficient (Wildman–Crippen LogP) is 3.85. The summed E-state index contributed by atoms with van der Waals surface area (Å²) in [4.78, 5) is 0. The van der Waals surface area contributed by atoms with Gasteiger partial charge in [0, 0.05) is 6.04 Å². The van der Waals surface area contributed by atoms with E-state index in [4.69, 9.17) is 0 Å². The zero-order valence-corrected chi connectivity index (χ0v) is 13.7. The van der Waals surface area contributed by atoms with Gasteiger partial charge in [-0.15, -0.1) is 0 Å². The first-order chi connectivity index (χ1) is 10.1. The number of allylic oxidation sites excluding steroid dienone is 1. The van der Waals surface area contributed by atoms with Gasteiger partial charge in [0.25, 0.3) is 0 Å². The predicted molar refractivity (Wildman–Crippen MR) is 84.0 cm³/mol. The molecule has 4 heteroatoms. The van der Waals surface area contributed by atoms with Crippen LogP contribution in [0.15, 0.2) is 11.6 Å². The van der Waals surface area contributed by atoms with E-state index in [-0.39, 0.29) is 24.7 Å². The third kappa shape index (κ3) is 5.35. The Morgan fingerprint density at radius 2 is 2.10 bits per heavy atom. The molecule has 1 aliphatic carbocycles. The maximum absolute atomic E-state index is 12.8. The average molecular weight is 301 g/mol. The Hall–Kier alpha value is -0.450. The van der Waals surface area contributed by atoms with Crippen LogP contribution in [-0.4, -0.2) is 29.1 Å². The van der Waals surface area contributed by atoms with Crippen LogP contribution >= 0.6 is 0 Å². The van der Waals surface area contributed by atoms with Crippen molar-refractivity contribution in [3.05, 3.63) is 11.6 Å². The van der Waals surface area contributed by atoms with Gasteiger partial charge in [-0.2, -0.15) is 0 Å². The third-order valence-electron chi connectivity index (χ3n) is 5.10. The molecular weight excluding hydrogens is 269 g/mol. The molecule has 0 spiro atoms. The summed E-state index contributed by atoms with van der Waals surface area (Å²) in [6.45, 7) is 5.80. The molecule has 3 nitrogen and oxygen atoms in total. The number of aliphatic hydroxyl groups excluding tert-OH is 1. The molecule has 0 heterocycles. The monoisotopic (exact) mass is 301 g/mol. The molecule has 1 fully saturated rings. The fourth-order valence-electron chi connectivity index (χ4n) is 3.70. The van der Waals surface area contributed by atoms with E-state index in [1.54, 1.807) is 0 Å². The number of hydroxylamine groups is 1. The number of alkyl halides is 1. The Kier molecular flexibility index (Phi) is 8.45. The van der Waals surface area contributed by atoms with Crippen molar-refractivity contribution < 1.29 is 14.7 Å². The molecule has 0 aliphatic heterocycles. The van der Waals surface area contributed by atoms with E-state index < -0.39 is 0 Å². The number of hydrogen-bond donors (Lipinski definition) is 3. The summed E-state index contributed by atoms with van der Waals surface area (Å²) in [7, 11) is 0. The molecule has 3 N–H and O–H groups in total.